The number of carbonyl (C=O) groups is 1. The van der Waals surface area contributed by atoms with E-state index in [2.05, 4.69) is 4.98 Å². The van der Waals surface area contributed by atoms with Crippen LogP contribution in [0.25, 0.3) is 0 Å². The van der Waals surface area contributed by atoms with Gasteiger partial charge < -0.3 is 15.2 Å². The van der Waals surface area contributed by atoms with Crippen molar-refractivity contribution in [3.05, 3.63) is 18.2 Å². The van der Waals surface area contributed by atoms with E-state index >= 15 is 0 Å². The molecule has 0 radical (unpaired) electrons. The number of nitrogens with zero attached hydrogens (tertiary/aromatic N) is 3. The molecule has 1 heterocycles. The second kappa shape index (κ2) is 6.27. The molecule has 0 fully saturated rings. The molecule has 0 aliphatic heterocycles. The van der Waals surface area contributed by atoms with Gasteiger partial charge in [0.2, 0.25) is 5.91 Å². The number of nitrogens with two attached hydrogens (primary N) is 1. The van der Waals surface area contributed by atoms with Gasteiger partial charge in [0.15, 0.2) is 0 Å². The third kappa shape index (κ3) is 3.06. The van der Waals surface area contributed by atoms with Crippen molar-refractivity contribution in [2.24, 2.45) is 5.73 Å². The maximum Gasteiger partial charge on any atom is 0.242 e. The summed E-state index contributed by atoms with van der Waals surface area (Å²) in [6.45, 7) is 6.39. The van der Waals surface area contributed by atoms with Gasteiger partial charge in [-0.3, -0.25) is 4.79 Å². The van der Waals surface area contributed by atoms with Gasteiger partial charge in [-0.05, 0) is 20.4 Å². The predicted octanol–water partition coefficient (Wildman–Crippen LogP) is 0.253. The topological polar surface area (TPSA) is 64.2 Å². The van der Waals surface area contributed by atoms with Crippen molar-refractivity contribution in [3.8, 4) is 0 Å². The number of hydrogen-bond acceptors (Lipinski definition) is 3. The normalized spacial score (nSPS) is 10.4. The number of likely N-dealkylation sites (N-methyl/N-ethyl adjacent to an activating group) is 1. The number of amides is 1. The van der Waals surface area contributed by atoms with E-state index in [1.54, 1.807) is 12.5 Å². The largest absolute Gasteiger partial charge is 0.342 e. The zero-order valence-corrected chi connectivity index (χ0v) is 10.0. The van der Waals surface area contributed by atoms with E-state index in [1.807, 2.05) is 23.3 Å². The molecule has 1 rings (SSSR count). The summed E-state index contributed by atoms with van der Waals surface area (Å²) in [5, 5.41) is 0. The monoisotopic (exact) mass is 224 g/mol. The first kappa shape index (κ1) is 12.7. The number of rotatable bonds is 6. The smallest absolute Gasteiger partial charge is 0.242 e. The Bertz CT molecular complexity index is 330. The van der Waals surface area contributed by atoms with E-state index in [-0.39, 0.29) is 5.91 Å². The molecule has 0 aliphatic carbocycles. The Kier molecular flexibility index (Phi) is 4.98. The standard InChI is InChI=1S/C11H20N4O/c1-3-14(4-2)11(16)8-15-9-13-7-10(15)5-6-12/h7,9H,3-6,8,12H2,1-2H3. The Morgan fingerprint density at radius 3 is 2.75 bits per heavy atom. The summed E-state index contributed by atoms with van der Waals surface area (Å²) in [6, 6.07) is 0. The highest BCUT2D eigenvalue weighted by atomic mass is 16.2. The van der Waals surface area contributed by atoms with Gasteiger partial charge in [0.05, 0.1) is 6.33 Å². The van der Waals surface area contributed by atoms with E-state index in [4.69, 9.17) is 5.73 Å². The molecule has 0 saturated heterocycles. The van der Waals surface area contributed by atoms with Crippen LogP contribution in [0.3, 0.4) is 0 Å². The minimum Gasteiger partial charge on any atom is -0.342 e. The van der Waals surface area contributed by atoms with Crippen LogP contribution in [0.2, 0.25) is 0 Å². The predicted molar refractivity (Wildman–Crippen MR) is 62.9 cm³/mol. The van der Waals surface area contributed by atoms with E-state index < -0.39 is 0 Å². The lowest BCUT2D eigenvalue weighted by Crippen LogP contribution is -2.33. The van der Waals surface area contributed by atoms with Crippen molar-refractivity contribution >= 4 is 5.91 Å². The molecular formula is C11H20N4O. The minimum atomic E-state index is 0.126. The second-order valence-corrected chi connectivity index (χ2v) is 3.62. The molecular weight excluding hydrogens is 204 g/mol. The fraction of sp³-hybridized carbons (Fsp3) is 0.636. The molecule has 2 N–H and O–H groups in total. The van der Waals surface area contributed by atoms with Crippen molar-refractivity contribution in [2.75, 3.05) is 19.6 Å². The van der Waals surface area contributed by atoms with Gasteiger partial charge in [0.25, 0.3) is 0 Å². The summed E-state index contributed by atoms with van der Waals surface area (Å²) in [4.78, 5) is 17.7. The maximum absolute atomic E-state index is 11.9. The molecule has 5 nitrogen and oxygen atoms in total. The van der Waals surface area contributed by atoms with Crippen LogP contribution in [-0.2, 0) is 17.8 Å². The first-order chi connectivity index (χ1) is 7.72. The number of imidazole rings is 1. The van der Waals surface area contributed by atoms with Gasteiger partial charge in [-0.25, -0.2) is 4.98 Å². The summed E-state index contributed by atoms with van der Waals surface area (Å²) < 4.78 is 1.87. The molecule has 16 heavy (non-hydrogen) atoms. The SMILES string of the molecule is CCN(CC)C(=O)Cn1cncc1CCN. The zero-order chi connectivity index (χ0) is 12.0. The second-order valence-electron chi connectivity index (χ2n) is 3.62. The highest BCUT2D eigenvalue weighted by molar-refractivity contribution is 5.76. The summed E-state index contributed by atoms with van der Waals surface area (Å²) in [6.07, 6.45) is 4.21. The number of aromatic nitrogens is 2. The molecule has 0 aromatic carbocycles. The molecule has 0 aliphatic rings. The lowest BCUT2D eigenvalue weighted by atomic mass is 10.3. The fourth-order valence-electron chi connectivity index (χ4n) is 1.67. The minimum absolute atomic E-state index is 0.126. The molecule has 1 amide bonds. The Morgan fingerprint density at radius 1 is 1.50 bits per heavy atom. The molecule has 1 aromatic heterocycles. The van der Waals surface area contributed by atoms with Crippen LogP contribution in [0.5, 0.6) is 0 Å². The maximum atomic E-state index is 11.9. The molecule has 0 atom stereocenters. The van der Waals surface area contributed by atoms with Crippen LogP contribution in [-0.4, -0.2) is 40.0 Å². The van der Waals surface area contributed by atoms with Gasteiger partial charge in [-0.1, -0.05) is 0 Å². The van der Waals surface area contributed by atoms with E-state index in [0.29, 0.717) is 13.1 Å². The molecule has 90 valence electrons. The zero-order valence-electron chi connectivity index (χ0n) is 10.0. The van der Waals surface area contributed by atoms with Crippen molar-refractivity contribution in [1.82, 2.24) is 14.5 Å². The Labute approximate surface area is 96.3 Å². The van der Waals surface area contributed by atoms with E-state index in [9.17, 15) is 4.79 Å². The molecule has 0 bridgehead atoms. The highest BCUT2D eigenvalue weighted by Gasteiger charge is 2.11. The molecule has 0 unspecified atom stereocenters. The van der Waals surface area contributed by atoms with Crippen LogP contribution in [0.15, 0.2) is 12.5 Å². The number of carbonyl (C=O) groups excluding carboxylic acids is 1. The number of hydrogen-bond donors (Lipinski definition) is 1. The van der Waals surface area contributed by atoms with Gasteiger partial charge in [0.1, 0.15) is 6.54 Å². The van der Waals surface area contributed by atoms with Crippen LogP contribution in [0.4, 0.5) is 0 Å². The van der Waals surface area contributed by atoms with Crippen LogP contribution in [0, 0.1) is 0 Å². The lowest BCUT2D eigenvalue weighted by Gasteiger charge is -2.19. The average Bonchev–Trinajstić information content (AvgIpc) is 2.68. The van der Waals surface area contributed by atoms with Crippen molar-refractivity contribution in [2.45, 2.75) is 26.8 Å². The molecule has 0 spiro atoms. The Balaban J connectivity index is 2.64. The van der Waals surface area contributed by atoms with Crippen molar-refractivity contribution < 1.29 is 4.79 Å². The Morgan fingerprint density at radius 2 is 2.19 bits per heavy atom. The van der Waals surface area contributed by atoms with Gasteiger partial charge >= 0.3 is 0 Å². The molecule has 1 aromatic rings. The van der Waals surface area contributed by atoms with E-state index in [1.165, 1.54) is 0 Å². The Hall–Kier alpha value is -1.36. The van der Waals surface area contributed by atoms with E-state index in [0.717, 1.165) is 25.2 Å². The fourth-order valence-corrected chi connectivity index (χ4v) is 1.67. The highest BCUT2D eigenvalue weighted by Crippen LogP contribution is 2.01. The first-order valence-corrected chi connectivity index (χ1v) is 5.69. The van der Waals surface area contributed by atoms with Crippen molar-refractivity contribution in [3.63, 3.8) is 0 Å². The van der Waals surface area contributed by atoms with Crippen LogP contribution < -0.4 is 5.73 Å². The summed E-state index contributed by atoms with van der Waals surface area (Å²) in [5.41, 5.74) is 6.51. The summed E-state index contributed by atoms with van der Waals surface area (Å²) in [5.74, 6) is 0.126. The quantitative estimate of drug-likeness (QED) is 0.753. The first-order valence-electron chi connectivity index (χ1n) is 5.69. The summed E-state index contributed by atoms with van der Waals surface area (Å²) in [7, 11) is 0. The average molecular weight is 224 g/mol. The van der Waals surface area contributed by atoms with Gasteiger partial charge in [-0.2, -0.15) is 0 Å². The summed E-state index contributed by atoms with van der Waals surface area (Å²) >= 11 is 0. The van der Waals surface area contributed by atoms with Gasteiger partial charge in [-0.15, -0.1) is 0 Å². The van der Waals surface area contributed by atoms with Gasteiger partial charge in [0, 0.05) is 31.4 Å². The van der Waals surface area contributed by atoms with Crippen LogP contribution >= 0.6 is 0 Å². The molecule has 5 heteroatoms. The third-order valence-electron chi connectivity index (χ3n) is 2.62. The lowest BCUT2D eigenvalue weighted by molar-refractivity contribution is -0.131. The van der Waals surface area contributed by atoms with Crippen LogP contribution in [0.1, 0.15) is 19.5 Å². The van der Waals surface area contributed by atoms with Crippen molar-refractivity contribution in [1.29, 1.82) is 0 Å². The molecule has 0 saturated carbocycles. The third-order valence-corrected chi connectivity index (χ3v) is 2.62.